The van der Waals surface area contributed by atoms with Gasteiger partial charge in [0.15, 0.2) is 0 Å². The molecule has 49 heavy (non-hydrogen) atoms. The van der Waals surface area contributed by atoms with Crippen LogP contribution in [-0.2, 0) is 18.9 Å². The fraction of sp³-hybridized carbons (Fsp3) is 0.400. The topological polar surface area (TPSA) is 82.0 Å². The molecule has 4 rings (SSSR count). The molecular weight excluding hydrogens is 652 g/mol. The molecule has 14 heteroatoms. The first-order chi connectivity index (χ1) is 22.8. The zero-order valence-electron chi connectivity index (χ0n) is 28.4. The molecule has 3 aromatic carbocycles. The van der Waals surface area contributed by atoms with Gasteiger partial charge in [-0.2, -0.15) is 31.3 Å². The van der Waals surface area contributed by atoms with Crippen molar-refractivity contribution >= 4 is 16.7 Å². The van der Waals surface area contributed by atoms with E-state index >= 15 is 0 Å². The molecule has 0 fully saturated rings. The Morgan fingerprint density at radius 1 is 0.816 bits per heavy atom. The maximum Gasteiger partial charge on any atom is 0.416 e. The lowest BCUT2D eigenvalue weighted by Crippen LogP contribution is -2.31. The summed E-state index contributed by atoms with van der Waals surface area (Å²) >= 11 is 0. The van der Waals surface area contributed by atoms with E-state index in [0.717, 1.165) is 15.7 Å². The van der Waals surface area contributed by atoms with Crippen LogP contribution < -0.4 is 4.74 Å². The molecule has 0 radical (unpaired) electrons. The van der Waals surface area contributed by atoms with E-state index in [1.165, 1.54) is 13.2 Å². The van der Waals surface area contributed by atoms with Crippen LogP contribution in [0.15, 0.2) is 66.9 Å². The summed E-state index contributed by atoms with van der Waals surface area (Å²) < 4.78 is 86.2. The Balaban J connectivity index is 0.000000838. The van der Waals surface area contributed by atoms with Gasteiger partial charge in [-0.3, -0.25) is 4.79 Å². The first-order valence-corrected chi connectivity index (χ1v) is 15.3. The molecule has 1 heterocycles. The molecule has 0 saturated carbocycles. The van der Waals surface area contributed by atoms with E-state index in [2.05, 4.69) is 9.97 Å². The number of hydrogen-bond acceptors (Lipinski definition) is 7. The van der Waals surface area contributed by atoms with Crippen LogP contribution in [0.1, 0.15) is 41.0 Å². The van der Waals surface area contributed by atoms with Gasteiger partial charge in [-0.1, -0.05) is 42.5 Å². The number of benzene rings is 3. The number of aliphatic hydroxyl groups is 1. The summed E-state index contributed by atoms with van der Waals surface area (Å²) in [5, 5.41) is 10.1. The number of carbonyl (C=O) groups is 1. The van der Waals surface area contributed by atoms with Gasteiger partial charge < -0.3 is 24.5 Å². The van der Waals surface area contributed by atoms with Gasteiger partial charge in [0, 0.05) is 37.4 Å². The molecule has 0 aliphatic carbocycles. The first kappa shape index (κ1) is 39.2. The summed E-state index contributed by atoms with van der Waals surface area (Å²) in [7, 11) is 8.89. The van der Waals surface area contributed by atoms with E-state index in [1.54, 1.807) is 12.1 Å². The zero-order chi connectivity index (χ0) is 36.7. The van der Waals surface area contributed by atoms with E-state index in [-0.39, 0.29) is 42.6 Å². The van der Waals surface area contributed by atoms with Crippen LogP contribution in [0.2, 0.25) is 0 Å². The van der Waals surface area contributed by atoms with Crippen molar-refractivity contribution in [2.45, 2.75) is 44.8 Å². The molecule has 0 bridgehead atoms. The Bertz CT molecular complexity index is 1670. The third kappa shape index (κ3) is 10.6. The van der Waals surface area contributed by atoms with Gasteiger partial charge in [-0.05, 0) is 82.1 Å². The van der Waals surface area contributed by atoms with E-state index in [0.29, 0.717) is 29.3 Å². The van der Waals surface area contributed by atoms with Gasteiger partial charge in [-0.15, -0.1) is 0 Å². The number of aromatic nitrogens is 2. The molecule has 0 aliphatic heterocycles. The van der Waals surface area contributed by atoms with Crippen LogP contribution in [0.5, 0.6) is 6.01 Å². The summed E-state index contributed by atoms with van der Waals surface area (Å²) in [5.41, 5.74) is -2.42. The van der Waals surface area contributed by atoms with Crippen molar-refractivity contribution in [1.82, 2.24) is 24.7 Å². The van der Waals surface area contributed by atoms with Crippen LogP contribution in [0.25, 0.3) is 21.9 Å². The number of fused-ring (bicyclic) bond motifs is 1. The van der Waals surface area contributed by atoms with E-state index in [9.17, 15) is 31.1 Å². The number of likely N-dealkylation sites (N-methyl/N-ethyl adjacent to an activating group) is 2. The van der Waals surface area contributed by atoms with Crippen LogP contribution in [0.3, 0.4) is 0 Å². The van der Waals surface area contributed by atoms with E-state index in [4.69, 9.17) is 9.84 Å². The third-order valence-electron chi connectivity index (χ3n) is 7.94. The van der Waals surface area contributed by atoms with Crippen LogP contribution >= 0.6 is 0 Å². The molecule has 2 unspecified atom stereocenters. The molecule has 0 saturated heterocycles. The zero-order valence-corrected chi connectivity index (χ0v) is 28.4. The molecule has 4 aromatic rings. The Hall–Kier alpha value is -4.27. The number of hydrogen-bond donors (Lipinski definition) is 1. The maximum atomic E-state index is 13.8. The molecule has 0 spiro atoms. The average Bonchev–Trinajstić information content (AvgIpc) is 3.05. The highest BCUT2D eigenvalue weighted by molar-refractivity contribution is 6.04. The third-order valence-corrected chi connectivity index (χ3v) is 7.94. The van der Waals surface area contributed by atoms with Gasteiger partial charge in [0.2, 0.25) is 0 Å². The number of ether oxygens (including phenoxy) is 1. The largest absolute Gasteiger partial charge is 0.462 e. The van der Waals surface area contributed by atoms with Crippen molar-refractivity contribution in [3.63, 3.8) is 0 Å². The Kier molecular flexibility index (Phi) is 13.1. The number of nitrogens with zero attached hydrogens (tertiary/aromatic N) is 5. The van der Waals surface area contributed by atoms with Gasteiger partial charge in [0.05, 0.1) is 17.7 Å². The lowest BCUT2D eigenvalue weighted by molar-refractivity contribution is -0.143. The molecule has 2 atom stereocenters. The Morgan fingerprint density at radius 3 is 1.92 bits per heavy atom. The highest BCUT2D eigenvalue weighted by atomic mass is 19.4. The normalized spacial score (nSPS) is 13.2. The van der Waals surface area contributed by atoms with E-state index in [1.807, 2.05) is 82.2 Å². The minimum absolute atomic E-state index is 0.0168. The standard InChI is InChI=1S/C30H28F6N4O2.C5H13NO/c1-18(39(2)3)17-42-28-37-15-25(24-11-7-9-20-8-5-6-10-23(20)24)26(38-28)27(41)40(4)16-19-12-21(29(31,32)33)14-22(13-19)30(34,35)36;1-5(4-7)6(2)3/h5-15,18H,16-17H2,1-4H3;5,7H,4H2,1-3H3. The number of carbonyl (C=O) groups excluding carboxylic acids is 1. The number of halogens is 6. The Labute approximate surface area is 281 Å². The maximum absolute atomic E-state index is 13.8. The second-order valence-corrected chi connectivity index (χ2v) is 12.1. The number of aliphatic hydroxyl groups excluding tert-OH is 1. The fourth-order valence-electron chi connectivity index (χ4n) is 4.40. The molecule has 1 amide bonds. The van der Waals surface area contributed by atoms with Crippen molar-refractivity contribution in [3.05, 3.63) is 89.2 Å². The molecule has 1 aromatic heterocycles. The smallest absolute Gasteiger partial charge is 0.416 e. The predicted molar refractivity (Wildman–Crippen MR) is 176 cm³/mol. The van der Waals surface area contributed by atoms with Crippen molar-refractivity contribution < 1.29 is 41.0 Å². The van der Waals surface area contributed by atoms with Crippen LogP contribution in [0.4, 0.5) is 26.3 Å². The number of amides is 1. The van der Waals surface area contributed by atoms with Crippen molar-refractivity contribution in [1.29, 1.82) is 0 Å². The molecule has 266 valence electrons. The van der Waals surface area contributed by atoms with Gasteiger partial charge in [-0.25, -0.2) is 4.98 Å². The number of rotatable bonds is 10. The lowest BCUT2D eigenvalue weighted by atomic mass is 9.97. The first-order valence-electron chi connectivity index (χ1n) is 15.3. The minimum Gasteiger partial charge on any atom is -0.462 e. The second kappa shape index (κ2) is 16.4. The SMILES string of the molecule is CC(CO)N(C)C.CC(COc1ncc(-c2cccc3ccccc23)c(C(=O)N(C)Cc2cc(C(F)(F)F)cc(C(F)(F)F)c2)n1)N(C)C. The molecular formula is C35H41F6N5O3. The lowest BCUT2D eigenvalue weighted by Gasteiger charge is -2.22. The summed E-state index contributed by atoms with van der Waals surface area (Å²) in [6.07, 6.45) is -8.59. The van der Waals surface area contributed by atoms with Gasteiger partial charge >= 0.3 is 18.4 Å². The summed E-state index contributed by atoms with van der Waals surface area (Å²) in [4.78, 5) is 27.3. The quantitative estimate of drug-likeness (QED) is 0.182. The molecule has 0 aliphatic rings. The highest BCUT2D eigenvalue weighted by Crippen LogP contribution is 2.37. The number of alkyl halides is 6. The van der Waals surface area contributed by atoms with Crippen molar-refractivity contribution in [2.75, 3.05) is 48.5 Å². The Morgan fingerprint density at radius 2 is 1.39 bits per heavy atom. The van der Waals surface area contributed by atoms with Crippen LogP contribution in [0, 0.1) is 0 Å². The van der Waals surface area contributed by atoms with Gasteiger partial charge in [0.25, 0.3) is 5.91 Å². The molecule has 8 nitrogen and oxygen atoms in total. The molecule has 1 N–H and O–H groups in total. The van der Waals surface area contributed by atoms with Crippen molar-refractivity contribution in [3.8, 4) is 17.1 Å². The summed E-state index contributed by atoms with van der Waals surface area (Å²) in [6.45, 7) is 3.79. The van der Waals surface area contributed by atoms with E-state index < -0.39 is 35.9 Å². The highest BCUT2D eigenvalue weighted by Gasteiger charge is 2.37. The fourth-order valence-corrected chi connectivity index (χ4v) is 4.40. The minimum atomic E-state index is -5.01. The second-order valence-electron chi connectivity index (χ2n) is 12.1. The summed E-state index contributed by atoms with van der Waals surface area (Å²) in [5.74, 6) is -0.739. The average molecular weight is 694 g/mol. The van der Waals surface area contributed by atoms with Gasteiger partial charge in [0.1, 0.15) is 12.3 Å². The summed E-state index contributed by atoms with van der Waals surface area (Å²) in [6, 6.07) is 14.3. The van der Waals surface area contributed by atoms with Crippen LogP contribution in [-0.4, -0.2) is 96.2 Å². The monoisotopic (exact) mass is 693 g/mol. The van der Waals surface area contributed by atoms with Crippen molar-refractivity contribution in [2.24, 2.45) is 0 Å². The predicted octanol–water partition coefficient (Wildman–Crippen LogP) is 6.86.